The first-order chi connectivity index (χ1) is 9.11. The highest BCUT2D eigenvalue weighted by Crippen LogP contribution is 2.15. The number of nitrogens with one attached hydrogen (secondary N) is 1. The molecule has 2 N–H and O–H groups in total. The Kier molecular flexibility index (Phi) is 8.30. The van der Waals surface area contributed by atoms with Crippen molar-refractivity contribution in [3.8, 4) is 5.75 Å². The number of thioether (sulfide) groups is 1. The third-order valence-corrected chi connectivity index (χ3v) is 3.73. The molecule has 1 aromatic rings. The van der Waals surface area contributed by atoms with Crippen molar-refractivity contribution in [3.05, 3.63) is 29.3 Å². The summed E-state index contributed by atoms with van der Waals surface area (Å²) in [4.78, 5) is 0. The lowest BCUT2D eigenvalue weighted by molar-refractivity contribution is 0.106. The first kappa shape index (κ1) is 16.6. The van der Waals surface area contributed by atoms with Gasteiger partial charge in [-0.25, -0.2) is 0 Å². The number of hydrogen-bond acceptors (Lipinski definition) is 4. The molecule has 0 fully saturated rings. The van der Waals surface area contributed by atoms with Crippen molar-refractivity contribution in [2.75, 3.05) is 31.7 Å². The quantitative estimate of drug-likeness (QED) is 0.736. The van der Waals surface area contributed by atoms with Gasteiger partial charge in [0.15, 0.2) is 0 Å². The van der Waals surface area contributed by atoms with E-state index in [1.165, 1.54) is 0 Å². The van der Waals surface area contributed by atoms with Crippen molar-refractivity contribution < 1.29 is 9.84 Å². The second-order valence-electron chi connectivity index (χ2n) is 4.64. The zero-order valence-corrected chi connectivity index (χ0v) is 13.0. The first-order valence-corrected chi connectivity index (χ1v) is 8.15. The molecule has 0 amide bonds. The Balaban J connectivity index is 2.14. The third-order valence-electron chi connectivity index (χ3n) is 2.58. The van der Waals surface area contributed by atoms with Crippen LogP contribution in [0.3, 0.4) is 0 Å². The molecule has 0 aromatic heterocycles. The Labute approximate surface area is 124 Å². The number of hydrogen-bond donors (Lipinski definition) is 2. The van der Waals surface area contributed by atoms with Crippen LogP contribution < -0.4 is 10.1 Å². The molecule has 2 unspecified atom stereocenters. The normalized spacial score (nSPS) is 14.1. The number of halogens is 1. The molecule has 108 valence electrons. The number of rotatable bonds is 9. The molecule has 0 aliphatic rings. The van der Waals surface area contributed by atoms with Crippen LogP contribution in [0.15, 0.2) is 24.3 Å². The number of aliphatic hydroxyl groups excluding tert-OH is 1. The average Bonchev–Trinajstić information content (AvgIpc) is 2.38. The molecule has 0 spiro atoms. The van der Waals surface area contributed by atoms with Crippen molar-refractivity contribution in [1.82, 2.24) is 5.32 Å². The maximum atomic E-state index is 9.79. The molecule has 0 aliphatic carbocycles. The molecule has 19 heavy (non-hydrogen) atoms. The largest absolute Gasteiger partial charge is 0.491 e. The summed E-state index contributed by atoms with van der Waals surface area (Å²) in [6.45, 7) is 3.94. The van der Waals surface area contributed by atoms with E-state index in [0.717, 1.165) is 18.0 Å². The van der Waals surface area contributed by atoms with E-state index >= 15 is 0 Å². The lowest BCUT2D eigenvalue weighted by atomic mass is 10.2. The highest BCUT2D eigenvalue weighted by molar-refractivity contribution is 7.98. The van der Waals surface area contributed by atoms with Crippen LogP contribution in [0.5, 0.6) is 5.75 Å². The smallest absolute Gasteiger partial charge is 0.119 e. The third kappa shape index (κ3) is 7.67. The lowest BCUT2D eigenvalue weighted by Crippen LogP contribution is -2.34. The Morgan fingerprint density at radius 2 is 2.00 bits per heavy atom. The number of benzene rings is 1. The molecule has 0 bridgehead atoms. The Morgan fingerprint density at radius 1 is 1.32 bits per heavy atom. The van der Waals surface area contributed by atoms with Gasteiger partial charge in [0.25, 0.3) is 0 Å². The standard InChI is InChI=1S/C14H22ClNO2S/c1-11(10-19-2)7-16-8-13(17)9-18-14-5-3-12(15)4-6-14/h3-6,11,13,16-17H,7-10H2,1-2H3. The monoisotopic (exact) mass is 303 g/mol. The van der Waals surface area contributed by atoms with Crippen LogP contribution in [0.25, 0.3) is 0 Å². The van der Waals surface area contributed by atoms with Crippen LogP contribution in [-0.2, 0) is 0 Å². The van der Waals surface area contributed by atoms with E-state index in [1.807, 2.05) is 11.8 Å². The second kappa shape index (κ2) is 9.48. The fraction of sp³-hybridized carbons (Fsp3) is 0.571. The van der Waals surface area contributed by atoms with E-state index in [2.05, 4.69) is 18.5 Å². The van der Waals surface area contributed by atoms with E-state index in [0.29, 0.717) is 17.5 Å². The van der Waals surface area contributed by atoms with Crippen LogP contribution in [0, 0.1) is 5.92 Å². The van der Waals surface area contributed by atoms with Crippen LogP contribution in [-0.4, -0.2) is 42.9 Å². The van der Waals surface area contributed by atoms with Crippen LogP contribution >= 0.6 is 23.4 Å². The van der Waals surface area contributed by atoms with Gasteiger partial charge in [-0.15, -0.1) is 0 Å². The summed E-state index contributed by atoms with van der Waals surface area (Å²) >= 11 is 7.62. The molecule has 3 nitrogen and oxygen atoms in total. The van der Waals surface area contributed by atoms with Crippen molar-refractivity contribution in [2.24, 2.45) is 5.92 Å². The molecule has 2 atom stereocenters. The van der Waals surface area contributed by atoms with Crippen molar-refractivity contribution >= 4 is 23.4 Å². The highest BCUT2D eigenvalue weighted by atomic mass is 35.5. The van der Waals surface area contributed by atoms with Crippen molar-refractivity contribution in [2.45, 2.75) is 13.0 Å². The molecular formula is C14H22ClNO2S. The zero-order chi connectivity index (χ0) is 14.1. The molecule has 0 aliphatic heterocycles. The van der Waals surface area contributed by atoms with Gasteiger partial charge in [0.1, 0.15) is 18.5 Å². The van der Waals surface area contributed by atoms with E-state index in [9.17, 15) is 5.11 Å². The van der Waals surface area contributed by atoms with Gasteiger partial charge in [0.2, 0.25) is 0 Å². The minimum atomic E-state index is -0.503. The Bertz CT molecular complexity index is 348. The molecule has 0 radical (unpaired) electrons. The van der Waals surface area contributed by atoms with Gasteiger partial charge in [0.05, 0.1) is 0 Å². The van der Waals surface area contributed by atoms with Gasteiger partial charge < -0.3 is 15.2 Å². The fourth-order valence-electron chi connectivity index (χ4n) is 1.62. The van der Waals surface area contributed by atoms with E-state index < -0.39 is 6.10 Å². The minimum absolute atomic E-state index is 0.283. The molecule has 1 aromatic carbocycles. The summed E-state index contributed by atoms with van der Waals surface area (Å²) in [6, 6.07) is 7.13. The summed E-state index contributed by atoms with van der Waals surface area (Å²) in [5.74, 6) is 2.46. The van der Waals surface area contributed by atoms with Gasteiger partial charge >= 0.3 is 0 Å². The van der Waals surface area contributed by atoms with E-state index in [-0.39, 0.29) is 6.61 Å². The van der Waals surface area contributed by atoms with Crippen LogP contribution in [0.2, 0.25) is 5.02 Å². The highest BCUT2D eigenvalue weighted by Gasteiger charge is 2.06. The summed E-state index contributed by atoms with van der Waals surface area (Å²) in [7, 11) is 0. The Hall–Kier alpha value is -0.420. The van der Waals surface area contributed by atoms with Crippen LogP contribution in [0.4, 0.5) is 0 Å². The molecule has 0 saturated heterocycles. The van der Waals surface area contributed by atoms with E-state index in [4.69, 9.17) is 16.3 Å². The molecule has 0 saturated carbocycles. The number of ether oxygens (including phenoxy) is 1. The van der Waals surface area contributed by atoms with Gasteiger partial charge in [0, 0.05) is 11.6 Å². The SMILES string of the molecule is CSCC(C)CNCC(O)COc1ccc(Cl)cc1. The zero-order valence-electron chi connectivity index (χ0n) is 11.4. The predicted octanol–water partition coefficient (Wildman–Crippen LogP) is 2.67. The van der Waals surface area contributed by atoms with Gasteiger partial charge in [-0.1, -0.05) is 18.5 Å². The van der Waals surface area contributed by atoms with E-state index in [1.54, 1.807) is 24.3 Å². The summed E-state index contributed by atoms with van der Waals surface area (Å²) in [6.07, 6.45) is 1.60. The topological polar surface area (TPSA) is 41.5 Å². The molecule has 5 heteroatoms. The molecule has 0 heterocycles. The predicted molar refractivity (Wildman–Crippen MR) is 83.4 cm³/mol. The van der Waals surface area contributed by atoms with Gasteiger partial charge in [-0.05, 0) is 48.7 Å². The maximum Gasteiger partial charge on any atom is 0.119 e. The molecular weight excluding hydrogens is 282 g/mol. The van der Waals surface area contributed by atoms with Crippen LogP contribution in [0.1, 0.15) is 6.92 Å². The second-order valence-corrected chi connectivity index (χ2v) is 5.98. The Morgan fingerprint density at radius 3 is 2.63 bits per heavy atom. The minimum Gasteiger partial charge on any atom is -0.491 e. The first-order valence-electron chi connectivity index (χ1n) is 6.38. The average molecular weight is 304 g/mol. The van der Waals surface area contributed by atoms with Gasteiger partial charge in [-0.2, -0.15) is 11.8 Å². The van der Waals surface area contributed by atoms with Crippen molar-refractivity contribution in [1.29, 1.82) is 0 Å². The summed E-state index contributed by atoms with van der Waals surface area (Å²) in [5.41, 5.74) is 0. The molecule has 1 rings (SSSR count). The number of aliphatic hydroxyl groups is 1. The van der Waals surface area contributed by atoms with Gasteiger partial charge in [-0.3, -0.25) is 0 Å². The summed E-state index contributed by atoms with van der Waals surface area (Å²) < 4.78 is 5.48. The lowest BCUT2D eigenvalue weighted by Gasteiger charge is -2.15. The fourth-order valence-corrected chi connectivity index (χ4v) is 2.43. The maximum absolute atomic E-state index is 9.79. The van der Waals surface area contributed by atoms with Crippen molar-refractivity contribution in [3.63, 3.8) is 0 Å². The summed E-state index contributed by atoms with van der Waals surface area (Å²) in [5, 5.41) is 13.7.